The number of carbonyl (C=O) groups excluding carboxylic acids is 2. The first-order valence-corrected chi connectivity index (χ1v) is 16.1. The van der Waals surface area contributed by atoms with Crippen LogP contribution in [-0.4, -0.2) is 57.3 Å². The van der Waals surface area contributed by atoms with Crippen LogP contribution in [0.15, 0.2) is 101 Å². The summed E-state index contributed by atoms with van der Waals surface area (Å²) in [5, 5.41) is 20.3. The summed E-state index contributed by atoms with van der Waals surface area (Å²) >= 11 is 2.78. The maximum absolute atomic E-state index is 13.7. The number of aromatic nitrogens is 3. The van der Waals surface area contributed by atoms with E-state index < -0.39 is 0 Å². The van der Waals surface area contributed by atoms with Crippen molar-refractivity contribution in [3.8, 4) is 17.2 Å². The van der Waals surface area contributed by atoms with E-state index in [0.29, 0.717) is 34.5 Å². The van der Waals surface area contributed by atoms with Gasteiger partial charge in [-0.1, -0.05) is 48.2 Å². The smallest absolute Gasteiger partial charge is 0.253 e. The van der Waals surface area contributed by atoms with Gasteiger partial charge in [0.1, 0.15) is 17.3 Å². The van der Waals surface area contributed by atoms with Gasteiger partial charge in [0.15, 0.2) is 11.0 Å². The van der Waals surface area contributed by atoms with Crippen molar-refractivity contribution in [3.05, 3.63) is 118 Å². The molecule has 10 nitrogen and oxygen atoms in total. The molecule has 0 spiro atoms. The summed E-state index contributed by atoms with van der Waals surface area (Å²) in [5.74, 6) is 0.580. The minimum atomic E-state index is -0.362. The number of para-hydroxylation sites is 1. The molecule has 1 N–H and O–H groups in total. The maximum atomic E-state index is 13.7. The Bertz CT molecular complexity index is 1840. The van der Waals surface area contributed by atoms with Crippen LogP contribution in [0.4, 0.5) is 4.39 Å². The first-order chi connectivity index (χ1) is 22.4. The number of thioether (sulfide) groups is 1. The molecule has 0 unspecified atom stereocenters. The molecule has 0 aliphatic carbocycles. The van der Waals surface area contributed by atoms with Gasteiger partial charge in [-0.2, -0.15) is 5.10 Å². The quantitative estimate of drug-likeness (QED) is 0.177. The third kappa shape index (κ3) is 6.80. The second-order valence-electron chi connectivity index (χ2n) is 10.2. The summed E-state index contributed by atoms with van der Waals surface area (Å²) in [7, 11) is 3.04. The van der Waals surface area contributed by atoms with Gasteiger partial charge in [-0.15, -0.1) is 21.5 Å². The van der Waals surface area contributed by atoms with E-state index in [1.807, 2.05) is 52.4 Å². The van der Waals surface area contributed by atoms with Crippen LogP contribution in [0.2, 0.25) is 0 Å². The SMILES string of the molecule is COc1cc(OC)cc(C(=O)NCc2nnc(SCC(=O)N3N=C(c4cccs4)C[C@H]3c3ccc(F)cc3)n2-c2ccccc2)c1. The molecule has 0 saturated carbocycles. The van der Waals surface area contributed by atoms with Crippen LogP contribution in [0.25, 0.3) is 5.69 Å². The predicted octanol–water partition coefficient (Wildman–Crippen LogP) is 5.89. The third-order valence-corrected chi connectivity index (χ3v) is 9.12. The Kier molecular flexibility index (Phi) is 9.41. The average molecular weight is 657 g/mol. The van der Waals surface area contributed by atoms with Gasteiger partial charge in [0.2, 0.25) is 0 Å². The van der Waals surface area contributed by atoms with Crippen molar-refractivity contribution < 1.29 is 23.5 Å². The summed E-state index contributed by atoms with van der Waals surface area (Å²) < 4.78 is 26.1. The summed E-state index contributed by atoms with van der Waals surface area (Å²) in [5.41, 5.74) is 2.75. The molecule has 5 aromatic rings. The molecule has 46 heavy (non-hydrogen) atoms. The fourth-order valence-electron chi connectivity index (χ4n) is 5.01. The van der Waals surface area contributed by atoms with Gasteiger partial charge in [-0.3, -0.25) is 14.2 Å². The monoisotopic (exact) mass is 656 g/mol. The standard InChI is InChI=1S/C33H29FN6O4S2/c1-43-25-15-22(16-26(17-25)44-2)32(42)35-19-30-36-37-33(39(30)24-7-4-3-5-8-24)46-20-31(41)40-28(21-10-12-23(34)13-11-21)18-27(38-40)29-9-6-14-45-29/h3-17,28H,18-20H2,1-2H3,(H,35,42)/t28-/m0/s1. The molecule has 1 aliphatic heterocycles. The number of amides is 2. The van der Waals surface area contributed by atoms with Gasteiger partial charge in [-0.05, 0) is 53.4 Å². The molecule has 1 aliphatic rings. The van der Waals surface area contributed by atoms with Crippen molar-refractivity contribution in [2.75, 3.05) is 20.0 Å². The van der Waals surface area contributed by atoms with Crippen LogP contribution in [0.1, 0.15) is 39.1 Å². The number of nitrogens with zero attached hydrogens (tertiary/aromatic N) is 5. The van der Waals surface area contributed by atoms with Crippen LogP contribution in [0.3, 0.4) is 0 Å². The van der Waals surface area contributed by atoms with Crippen LogP contribution in [0.5, 0.6) is 11.5 Å². The van der Waals surface area contributed by atoms with E-state index >= 15 is 0 Å². The van der Waals surface area contributed by atoms with Gasteiger partial charge in [-0.25, -0.2) is 9.40 Å². The Hall–Kier alpha value is -5.01. The lowest BCUT2D eigenvalue weighted by Gasteiger charge is -2.22. The average Bonchev–Trinajstić information content (AvgIpc) is 3.87. The Morgan fingerprint density at radius 1 is 0.978 bits per heavy atom. The summed E-state index contributed by atoms with van der Waals surface area (Å²) in [6, 6.07) is 24.1. The molecule has 3 heterocycles. The number of nitrogens with one attached hydrogen (secondary N) is 1. The molecule has 3 aromatic carbocycles. The lowest BCUT2D eigenvalue weighted by atomic mass is 10.0. The maximum Gasteiger partial charge on any atom is 0.253 e. The van der Waals surface area contributed by atoms with E-state index in [0.717, 1.165) is 21.8 Å². The van der Waals surface area contributed by atoms with Gasteiger partial charge in [0.25, 0.3) is 11.8 Å². The molecule has 0 saturated heterocycles. The van der Waals surface area contributed by atoms with E-state index in [-0.39, 0.29) is 36.0 Å². The Morgan fingerprint density at radius 2 is 1.72 bits per heavy atom. The highest BCUT2D eigenvalue weighted by molar-refractivity contribution is 7.99. The molecule has 234 valence electrons. The molecule has 0 bridgehead atoms. The second kappa shape index (κ2) is 14.0. The lowest BCUT2D eigenvalue weighted by molar-refractivity contribution is -0.130. The molecule has 0 radical (unpaired) electrons. The Balaban J connectivity index is 1.22. The van der Waals surface area contributed by atoms with Crippen LogP contribution in [-0.2, 0) is 11.3 Å². The summed E-state index contributed by atoms with van der Waals surface area (Å²) in [6.07, 6.45) is 0.520. The van der Waals surface area contributed by atoms with Gasteiger partial charge < -0.3 is 14.8 Å². The van der Waals surface area contributed by atoms with Crippen molar-refractivity contribution in [2.45, 2.75) is 24.2 Å². The number of benzene rings is 3. The summed E-state index contributed by atoms with van der Waals surface area (Å²) in [6.45, 7) is 0.0714. The molecule has 13 heteroatoms. The molecular formula is C33H29FN6O4S2. The fraction of sp³-hybridized carbons (Fsp3) is 0.182. The number of halogens is 1. The van der Waals surface area contributed by atoms with E-state index in [1.165, 1.54) is 43.1 Å². The van der Waals surface area contributed by atoms with E-state index in [2.05, 4.69) is 15.5 Å². The van der Waals surface area contributed by atoms with Crippen molar-refractivity contribution in [3.63, 3.8) is 0 Å². The zero-order valence-corrected chi connectivity index (χ0v) is 26.6. The fourth-order valence-corrected chi connectivity index (χ4v) is 6.56. The first kappa shape index (κ1) is 31.0. The number of carbonyl (C=O) groups is 2. The Morgan fingerprint density at radius 3 is 2.39 bits per heavy atom. The van der Waals surface area contributed by atoms with Crippen molar-refractivity contribution in [1.29, 1.82) is 0 Å². The van der Waals surface area contributed by atoms with Crippen molar-refractivity contribution in [1.82, 2.24) is 25.1 Å². The zero-order valence-electron chi connectivity index (χ0n) is 24.9. The van der Waals surface area contributed by atoms with Crippen LogP contribution >= 0.6 is 23.1 Å². The van der Waals surface area contributed by atoms with Crippen molar-refractivity contribution in [2.24, 2.45) is 5.10 Å². The second-order valence-corrected chi connectivity index (χ2v) is 12.1. The predicted molar refractivity (Wildman–Crippen MR) is 174 cm³/mol. The van der Waals surface area contributed by atoms with E-state index in [1.54, 1.807) is 41.7 Å². The first-order valence-electron chi connectivity index (χ1n) is 14.3. The van der Waals surface area contributed by atoms with Crippen LogP contribution < -0.4 is 14.8 Å². The molecule has 6 rings (SSSR count). The third-order valence-electron chi connectivity index (χ3n) is 7.29. The molecule has 2 amide bonds. The number of hydrogen-bond acceptors (Lipinski definition) is 9. The van der Waals surface area contributed by atoms with Gasteiger partial charge in [0.05, 0.1) is 43.1 Å². The molecule has 2 aromatic heterocycles. The van der Waals surface area contributed by atoms with E-state index in [9.17, 15) is 14.0 Å². The van der Waals surface area contributed by atoms with Crippen LogP contribution in [0, 0.1) is 5.82 Å². The highest BCUT2D eigenvalue weighted by Gasteiger charge is 2.33. The lowest BCUT2D eigenvalue weighted by Crippen LogP contribution is -2.28. The Labute approximate surface area is 272 Å². The minimum absolute atomic E-state index is 0.0276. The minimum Gasteiger partial charge on any atom is -0.497 e. The molecule has 1 atom stereocenters. The largest absolute Gasteiger partial charge is 0.497 e. The molecule has 0 fully saturated rings. The van der Waals surface area contributed by atoms with Crippen molar-refractivity contribution >= 4 is 40.6 Å². The molecular weight excluding hydrogens is 628 g/mol. The van der Waals surface area contributed by atoms with E-state index in [4.69, 9.17) is 14.6 Å². The highest BCUT2D eigenvalue weighted by Crippen LogP contribution is 2.35. The number of methoxy groups -OCH3 is 2. The number of hydrazone groups is 1. The van der Waals surface area contributed by atoms with Gasteiger partial charge >= 0.3 is 0 Å². The van der Waals surface area contributed by atoms with Gasteiger partial charge in [0, 0.05) is 23.7 Å². The number of ether oxygens (including phenoxy) is 2. The number of hydrogen-bond donors (Lipinski definition) is 1. The topological polar surface area (TPSA) is 111 Å². The highest BCUT2D eigenvalue weighted by atomic mass is 32.2. The number of thiophene rings is 1. The zero-order chi connectivity index (χ0) is 32.0. The number of rotatable bonds is 11. The summed E-state index contributed by atoms with van der Waals surface area (Å²) in [4.78, 5) is 27.8. The normalized spacial score (nSPS) is 14.2.